The lowest BCUT2D eigenvalue weighted by molar-refractivity contribution is 0.0420. The molecule has 0 fully saturated rings. The van der Waals surface area contributed by atoms with Gasteiger partial charge in [-0.15, -0.1) is 0 Å². The third-order valence-corrected chi connectivity index (χ3v) is 2.27. The maximum Gasteiger partial charge on any atom is 0.0701 e. The standard InChI is InChI=1S/C12H28N2O2.H2/c1-4-7-14(3)8-10-16-12-11-15-9-6-13-5-2;/h13H,4-12H2,1-3H3;1H. The van der Waals surface area contributed by atoms with Crippen LogP contribution in [0.3, 0.4) is 0 Å². The zero-order chi connectivity index (χ0) is 12.1. The number of nitrogens with one attached hydrogen (secondary N) is 1. The van der Waals surface area contributed by atoms with Crippen molar-refractivity contribution in [2.75, 3.05) is 59.7 Å². The van der Waals surface area contributed by atoms with Crippen molar-refractivity contribution in [2.24, 2.45) is 0 Å². The summed E-state index contributed by atoms with van der Waals surface area (Å²) in [6.45, 7) is 11.3. The van der Waals surface area contributed by atoms with Crippen LogP contribution < -0.4 is 5.32 Å². The lowest BCUT2D eigenvalue weighted by Gasteiger charge is -2.15. The Balaban J connectivity index is 0. The van der Waals surface area contributed by atoms with Crippen LogP contribution in [0.5, 0.6) is 0 Å². The first-order valence-electron chi connectivity index (χ1n) is 6.36. The van der Waals surface area contributed by atoms with E-state index in [1.807, 2.05) is 0 Å². The van der Waals surface area contributed by atoms with Gasteiger partial charge in [-0.2, -0.15) is 0 Å². The molecule has 16 heavy (non-hydrogen) atoms. The van der Waals surface area contributed by atoms with E-state index in [0.717, 1.165) is 39.4 Å². The van der Waals surface area contributed by atoms with Crippen molar-refractivity contribution >= 4 is 0 Å². The fraction of sp³-hybridized carbons (Fsp3) is 1.00. The molecule has 0 unspecified atom stereocenters. The van der Waals surface area contributed by atoms with Gasteiger partial charge in [-0.3, -0.25) is 0 Å². The van der Waals surface area contributed by atoms with Crippen molar-refractivity contribution in [3.8, 4) is 0 Å². The Morgan fingerprint density at radius 1 is 1.00 bits per heavy atom. The van der Waals surface area contributed by atoms with Crippen LogP contribution >= 0.6 is 0 Å². The first kappa shape index (κ1) is 15.8. The molecule has 0 aliphatic carbocycles. The second kappa shape index (κ2) is 12.9. The maximum absolute atomic E-state index is 5.47. The van der Waals surface area contributed by atoms with Crippen molar-refractivity contribution in [1.82, 2.24) is 10.2 Å². The number of hydrogen-bond donors (Lipinski definition) is 1. The molecule has 4 nitrogen and oxygen atoms in total. The fourth-order valence-corrected chi connectivity index (χ4v) is 1.36. The Hall–Kier alpha value is -0.160. The molecule has 0 spiro atoms. The lowest BCUT2D eigenvalue weighted by Crippen LogP contribution is -2.24. The van der Waals surface area contributed by atoms with Gasteiger partial charge in [0.1, 0.15) is 0 Å². The van der Waals surface area contributed by atoms with Crippen LogP contribution in [-0.4, -0.2) is 64.6 Å². The highest BCUT2D eigenvalue weighted by atomic mass is 16.5. The second-order valence-electron chi connectivity index (χ2n) is 3.88. The normalized spacial score (nSPS) is 11.2. The summed E-state index contributed by atoms with van der Waals surface area (Å²) in [7, 11) is 2.12. The molecule has 0 saturated carbocycles. The van der Waals surface area contributed by atoms with Crippen molar-refractivity contribution in [3.63, 3.8) is 0 Å². The van der Waals surface area contributed by atoms with Gasteiger partial charge in [0, 0.05) is 14.5 Å². The molecular formula is C12H30N2O2. The SMILES string of the molecule is CCCN(C)CCOCCOCCNCC.[HH]. The number of ether oxygens (including phenoxy) is 2. The van der Waals surface area contributed by atoms with Crippen LogP contribution in [0.4, 0.5) is 0 Å². The Morgan fingerprint density at radius 2 is 1.69 bits per heavy atom. The van der Waals surface area contributed by atoms with Gasteiger partial charge in [0.05, 0.1) is 26.4 Å². The molecule has 0 atom stereocenters. The number of nitrogens with zero attached hydrogens (tertiary/aromatic N) is 1. The van der Waals surface area contributed by atoms with Gasteiger partial charge in [-0.1, -0.05) is 13.8 Å². The highest BCUT2D eigenvalue weighted by molar-refractivity contribution is 4.48. The molecule has 0 heterocycles. The molecule has 0 rings (SSSR count). The Bertz CT molecular complexity index is 140. The van der Waals surface area contributed by atoms with E-state index in [-0.39, 0.29) is 1.43 Å². The van der Waals surface area contributed by atoms with Crippen LogP contribution in [-0.2, 0) is 9.47 Å². The topological polar surface area (TPSA) is 33.7 Å². The van der Waals surface area contributed by atoms with Crippen LogP contribution in [0.1, 0.15) is 21.7 Å². The first-order chi connectivity index (χ1) is 7.81. The zero-order valence-corrected chi connectivity index (χ0v) is 11.1. The second-order valence-corrected chi connectivity index (χ2v) is 3.88. The highest BCUT2D eigenvalue weighted by Gasteiger charge is 1.95. The van der Waals surface area contributed by atoms with E-state index in [4.69, 9.17) is 9.47 Å². The average Bonchev–Trinajstić information content (AvgIpc) is 2.27. The Kier molecular flexibility index (Phi) is 12.8. The minimum atomic E-state index is 0. The van der Waals surface area contributed by atoms with E-state index < -0.39 is 0 Å². The van der Waals surface area contributed by atoms with Gasteiger partial charge in [0.15, 0.2) is 0 Å². The molecule has 1 N–H and O–H groups in total. The Labute approximate surface area is 102 Å². The quantitative estimate of drug-likeness (QED) is 0.515. The van der Waals surface area contributed by atoms with Gasteiger partial charge < -0.3 is 19.7 Å². The van der Waals surface area contributed by atoms with E-state index >= 15 is 0 Å². The van der Waals surface area contributed by atoms with Crippen LogP contribution in [0.2, 0.25) is 0 Å². The summed E-state index contributed by atoms with van der Waals surface area (Å²) in [5.74, 6) is 0. The molecule has 4 heteroatoms. The number of rotatable bonds is 12. The van der Waals surface area contributed by atoms with E-state index in [2.05, 4.69) is 31.1 Å². The molecule has 100 valence electrons. The summed E-state index contributed by atoms with van der Waals surface area (Å²) in [5.41, 5.74) is 0. The summed E-state index contributed by atoms with van der Waals surface area (Å²) >= 11 is 0. The van der Waals surface area contributed by atoms with E-state index in [0.29, 0.717) is 13.2 Å². The van der Waals surface area contributed by atoms with Gasteiger partial charge in [-0.05, 0) is 26.6 Å². The number of likely N-dealkylation sites (N-methyl/N-ethyl adjacent to an activating group) is 2. The van der Waals surface area contributed by atoms with Crippen molar-refractivity contribution in [2.45, 2.75) is 20.3 Å². The molecule has 0 saturated heterocycles. The zero-order valence-electron chi connectivity index (χ0n) is 11.1. The Morgan fingerprint density at radius 3 is 2.31 bits per heavy atom. The molecule has 0 aromatic heterocycles. The summed E-state index contributed by atoms with van der Waals surface area (Å²) in [4.78, 5) is 2.28. The summed E-state index contributed by atoms with van der Waals surface area (Å²) in [6, 6.07) is 0. The summed E-state index contributed by atoms with van der Waals surface area (Å²) < 4.78 is 10.9. The lowest BCUT2D eigenvalue weighted by atomic mass is 10.4. The third-order valence-electron chi connectivity index (χ3n) is 2.27. The van der Waals surface area contributed by atoms with E-state index in [1.165, 1.54) is 6.42 Å². The predicted octanol–water partition coefficient (Wildman–Crippen LogP) is 1.22. The molecule has 0 aliphatic rings. The number of hydrogen-bond acceptors (Lipinski definition) is 4. The van der Waals surface area contributed by atoms with Gasteiger partial charge >= 0.3 is 0 Å². The molecule has 0 aromatic carbocycles. The summed E-state index contributed by atoms with van der Waals surface area (Å²) in [5, 5.41) is 3.21. The van der Waals surface area contributed by atoms with Crippen molar-refractivity contribution < 1.29 is 10.9 Å². The summed E-state index contributed by atoms with van der Waals surface area (Å²) in [6.07, 6.45) is 1.20. The smallest absolute Gasteiger partial charge is 0.0701 e. The van der Waals surface area contributed by atoms with Gasteiger partial charge in [0.2, 0.25) is 0 Å². The van der Waals surface area contributed by atoms with Gasteiger partial charge in [0.25, 0.3) is 0 Å². The third kappa shape index (κ3) is 11.9. The van der Waals surface area contributed by atoms with Crippen molar-refractivity contribution in [1.29, 1.82) is 0 Å². The molecule has 0 amide bonds. The minimum absolute atomic E-state index is 0. The van der Waals surface area contributed by atoms with Crippen LogP contribution in [0.15, 0.2) is 0 Å². The van der Waals surface area contributed by atoms with E-state index in [1.54, 1.807) is 0 Å². The van der Waals surface area contributed by atoms with E-state index in [9.17, 15) is 0 Å². The molecule has 0 aromatic rings. The molecular weight excluding hydrogens is 204 g/mol. The largest absolute Gasteiger partial charge is 0.378 e. The van der Waals surface area contributed by atoms with Crippen LogP contribution in [0, 0.1) is 0 Å². The first-order valence-corrected chi connectivity index (χ1v) is 6.36. The monoisotopic (exact) mass is 234 g/mol. The molecule has 0 aliphatic heterocycles. The van der Waals surface area contributed by atoms with Gasteiger partial charge in [-0.25, -0.2) is 0 Å². The molecule has 0 bridgehead atoms. The predicted molar refractivity (Wildman–Crippen MR) is 70.1 cm³/mol. The molecule has 0 radical (unpaired) electrons. The minimum Gasteiger partial charge on any atom is -0.378 e. The highest BCUT2D eigenvalue weighted by Crippen LogP contribution is 1.86. The maximum atomic E-state index is 5.47. The average molecular weight is 234 g/mol. The van der Waals surface area contributed by atoms with Crippen LogP contribution in [0.25, 0.3) is 0 Å². The fourth-order valence-electron chi connectivity index (χ4n) is 1.36. The van der Waals surface area contributed by atoms with Crippen molar-refractivity contribution in [3.05, 3.63) is 0 Å².